The third kappa shape index (κ3) is 4.45. The van der Waals surface area contributed by atoms with E-state index in [4.69, 9.17) is 4.74 Å². The highest BCUT2D eigenvalue weighted by molar-refractivity contribution is 5.90. The van der Waals surface area contributed by atoms with Gasteiger partial charge in [0.15, 0.2) is 0 Å². The van der Waals surface area contributed by atoms with Crippen LogP contribution in [0.25, 0.3) is 0 Å². The summed E-state index contributed by atoms with van der Waals surface area (Å²) >= 11 is 0. The standard InChI is InChI=1S/C16H22N4O3/c1-4-12-6-8-13(9-7-12)23-11-5-10-19(2)15(21)14-17-16(22)20(3)18-14/h6-9H,4-5,10-11H2,1-3H3,(H,17,18,22). The Labute approximate surface area is 134 Å². The van der Waals surface area contributed by atoms with Crippen molar-refractivity contribution in [1.82, 2.24) is 19.7 Å². The van der Waals surface area contributed by atoms with E-state index in [1.807, 2.05) is 24.3 Å². The normalized spacial score (nSPS) is 10.6. The molecule has 124 valence electrons. The molecule has 1 heterocycles. The molecule has 1 aromatic carbocycles. The predicted octanol–water partition coefficient (Wildman–Crippen LogP) is 1.21. The maximum atomic E-state index is 12.1. The van der Waals surface area contributed by atoms with Crippen LogP contribution >= 0.6 is 0 Å². The van der Waals surface area contributed by atoms with Gasteiger partial charge in [-0.25, -0.2) is 9.48 Å². The number of nitrogens with zero attached hydrogens (tertiary/aromatic N) is 3. The molecular weight excluding hydrogens is 296 g/mol. The molecule has 0 unspecified atom stereocenters. The van der Waals surface area contributed by atoms with Crippen LogP contribution in [0.5, 0.6) is 5.75 Å². The Kier molecular flexibility index (Phi) is 5.56. The van der Waals surface area contributed by atoms with Crippen LogP contribution in [-0.2, 0) is 13.5 Å². The number of ether oxygens (including phenoxy) is 1. The van der Waals surface area contributed by atoms with Crippen LogP contribution in [0.2, 0.25) is 0 Å². The first-order valence-electron chi connectivity index (χ1n) is 7.61. The second-order valence-corrected chi connectivity index (χ2v) is 5.33. The molecule has 0 aliphatic carbocycles. The number of nitrogens with one attached hydrogen (secondary N) is 1. The average molecular weight is 318 g/mol. The minimum Gasteiger partial charge on any atom is -0.494 e. The lowest BCUT2D eigenvalue weighted by molar-refractivity contribution is 0.0775. The van der Waals surface area contributed by atoms with Crippen LogP contribution < -0.4 is 10.4 Å². The van der Waals surface area contributed by atoms with Gasteiger partial charge in [-0.3, -0.25) is 9.78 Å². The molecule has 0 saturated carbocycles. The number of benzene rings is 1. The lowest BCUT2D eigenvalue weighted by atomic mass is 10.2. The maximum Gasteiger partial charge on any atom is 0.343 e. The van der Waals surface area contributed by atoms with Gasteiger partial charge in [-0.1, -0.05) is 19.1 Å². The van der Waals surface area contributed by atoms with E-state index in [1.165, 1.54) is 17.5 Å². The molecule has 2 aromatic rings. The minimum absolute atomic E-state index is 0.0519. The van der Waals surface area contributed by atoms with E-state index in [1.54, 1.807) is 7.05 Å². The molecule has 7 heteroatoms. The molecule has 2 rings (SSSR count). The van der Waals surface area contributed by atoms with Crippen LogP contribution in [0.4, 0.5) is 0 Å². The van der Waals surface area contributed by atoms with Crippen molar-refractivity contribution in [1.29, 1.82) is 0 Å². The highest BCUT2D eigenvalue weighted by atomic mass is 16.5. The Morgan fingerprint density at radius 2 is 2.04 bits per heavy atom. The number of amides is 1. The van der Waals surface area contributed by atoms with Crippen LogP contribution in [0, 0.1) is 0 Å². The Morgan fingerprint density at radius 1 is 1.35 bits per heavy atom. The number of H-pyrrole nitrogens is 1. The van der Waals surface area contributed by atoms with Crippen molar-refractivity contribution >= 4 is 5.91 Å². The number of carbonyl (C=O) groups is 1. The number of rotatable bonds is 7. The molecule has 0 bridgehead atoms. The smallest absolute Gasteiger partial charge is 0.343 e. The van der Waals surface area contributed by atoms with Gasteiger partial charge in [0, 0.05) is 20.6 Å². The molecule has 0 spiro atoms. The van der Waals surface area contributed by atoms with E-state index in [2.05, 4.69) is 17.0 Å². The fourth-order valence-electron chi connectivity index (χ4n) is 2.09. The van der Waals surface area contributed by atoms with E-state index in [-0.39, 0.29) is 11.7 Å². The molecular formula is C16H22N4O3. The molecule has 1 amide bonds. The summed E-state index contributed by atoms with van der Waals surface area (Å²) < 4.78 is 6.75. The first-order valence-corrected chi connectivity index (χ1v) is 7.61. The Hall–Kier alpha value is -2.57. The predicted molar refractivity (Wildman–Crippen MR) is 86.7 cm³/mol. The fraction of sp³-hybridized carbons (Fsp3) is 0.438. The molecule has 0 aliphatic rings. The van der Waals surface area contributed by atoms with E-state index in [0.717, 1.165) is 16.9 Å². The Bertz CT molecular complexity index is 703. The Balaban J connectivity index is 1.76. The lowest BCUT2D eigenvalue weighted by Gasteiger charge is -2.15. The van der Waals surface area contributed by atoms with E-state index in [9.17, 15) is 9.59 Å². The lowest BCUT2D eigenvalue weighted by Crippen LogP contribution is -2.29. The molecule has 0 aliphatic heterocycles. The monoisotopic (exact) mass is 318 g/mol. The summed E-state index contributed by atoms with van der Waals surface area (Å²) in [5.74, 6) is 0.566. The van der Waals surface area contributed by atoms with Crippen LogP contribution in [0.15, 0.2) is 29.1 Å². The molecule has 0 atom stereocenters. The molecule has 0 fully saturated rings. The number of hydrogen-bond donors (Lipinski definition) is 1. The zero-order chi connectivity index (χ0) is 16.8. The van der Waals surface area contributed by atoms with Gasteiger partial charge in [-0.05, 0) is 30.5 Å². The number of aromatic amines is 1. The van der Waals surface area contributed by atoms with E-state index in [0.29, 0.717) is 19.6 Å². The average Bonchev–Trinajstić information content (AvgIpc) is 2.90. The van der Waals surface area contributed by atoms with Crippen LogP contribution in [0.3, 0.4) is 0 Å². The summed E-state index contributed by atoms with van der Waals surface area (Å²) in [7, 11) is 3.17. The molecule has 0 saturated heterocycles. The fourth-order valence-corrected chi connectivity index (χ4v) is 2.09. The molecule has 7 nitrogen and oxygen atoms in total. The van der Waals surface area contributed by atoms with Crippen molar-refractivity contribution < 1.29 is 9.53 Å². The maximum absolute atomic E-state index is 12.1. The largest absolute Gasteiger partial charge is 0.494 e. The van der Waals surface area contributed by atoms with Crippen molar-refractivity contribution in [3.63, 3.8) is 0 Å². The summed E-state index contributed by atoms with van der Waals surface area (Å²) in [6, 6.07) is 7.99. The summed E-state index contributed by atoms with van der Waals surface area (Å²) in [6.45, 7) is 3.14. The first kappa shape index (κ1) is 16.8. The van der Waals surface area contributed by atoms with Gasteiger partial charge >= 0.3 is 5.69 Å². The minimum atomic E-state index is -0.402. The summed E-state index contributed by atoms with van der Waals surface area (Å²) in [6.07, 6.45) is 1.69. The van der Waals surface area contributed by atoms with Crippen molar-refractivity contribution in [2.75, 3.05) is 20.2 Å². The zero-order valence-corrected chi connectivity index (χ0v) is 13.7. The van der Waals surface area contributed by atoms with Crippen molar-refractivity contribution in [3.05, 3.63) is 46.1 Å². The summed E-state index contributed by atoms with van der Waals surface area (Å²) in [5, 5.41) is 3.85. The molecule has 0 radical (unpaired) electrons. The van der Waals surface area contributed by atoms with Crippen molar-refractivity contribution in [2.24, 2.45) is 7.05 Å². The van der Waals surface area contributed by atoms with Gasteiger partial charge in [-0.2, -0.15) is 0 Å². The summed E-state index contributed by atoms with van der Waals surface area (Å²) in [4.78, 5) is 27.3. The quantitative estimate of drug-likeness (QED) is 0.778. The van der Waals surface area contributed by atoms with Crippen molar-refractivity contribution in [2.45, 2.75) is 19.8 Å². The van der Waals surface area contributed by atoms with Crippen molar-refractivity contribution in [3.8, 4) is 5.75 Å². The van der Waals surface area contributed by atoms with Gasteiger partial charge in [0.1, 0.15) is 5.75 Å². The van der Waals surface area contributed by atoms with Crippen LogP contribution in [0.1, 0.15) is 29.5 Å². The third-order valence-corrected chi connectivity index (χ3v) is 3.56. The van der Waals surface area contributed by atoms with Gasteiger partial charge in [0.2, 0.25) is 5.82 Å². The number of carbonyl (C=O) groups excluding carboxylic acids is 1. The number of hydrogen-bond acceptors (Lipinski definition) is 4. The van der Waals surface area contributed by atoms with Gasteiger partial charge in [0.05, 0.1) is 6.61 Å². The number of aryl methyl sites for hydroxylation is 2. The zero-order valence-electron chi connectivity index (χ0n) is 13.7. The second-order valence-electron chi connectivity index (χ2n) is 5.33. The van der Waals surface area contributed by atoms with E-state index >= 15 is 0 Å². The second kappa shape index (κ2) is 7.62. The molecule has 1 aromatic heterocycles. The third-order valence-electron chi connectivity index (χ3n) is 3.56. The molecule has 23 heavy (non-hydrogen) atoms. The van der Waals surface area contributed by atoms with Gasteiger partial charge in [-0.15, -0.1) is 5.10 Å². The molecule has 1 N–H and O–H groups in total. The van der Waals surface area contributed by atoms with E-state index < -0.39 is 5.69 Å². The van der Waals surface area contributed by atoms with Crippen LogP contribution in [-0.4, -0.2) is 45.8 Å². The highest BCUT2D eigenvalue weighted by Crippen LogP contribution is 2.12. The topological polar surface area (TPSA) is 80.2 Å². The highest BCUT2D eigenvalue weighted by Gasteiger charge is 2.16. The SMILES string of the molecule is CCc1ccc(OCCCN(C)C(=O)c2nn(C)c(=O)[nH]2)cc1. The number of aromatic nitrogens is 3. The first-order chi connectivity index (χ1) is 11.0. The summed E-state index contributed by atoms with van der Waals surface area (Å²) in [5.41, 5.74) is 0.868. The van der Waals surface area contributed by atoms with Gasteiger partial charge < -0.3 is 9.64 Å². The van der Waals surface area contributed by atoms with Gasteiger partial charge in [0.25, 0.3) is 5.91 Å². The Morgan fingerprint density at radius 3 is 2.61 bits per heavy atom.